The lowest BCUT2D eigenvalue weighted by molar-refractivity contribution is -0.126. The molecule has 0 spiro atoms. The van der Waals surface area contributed by atoms with E-state index in [1.165, 1.54) is 25.9 Å². The maximum Gasteiger partial charge on any atom is 0.237 e. The van der Waals surface area contributed by atoms with Crippen LogP contribution in [0.3, 0.4) is 0 Å². The monoisotopic (exact) mass is 364 g/mol. The highest BCUT2D eigenvalue weighted by atomic mass is 35.5. The molecule has 1 atom stereocenters. The SMILES string of the molecule is CC(C(=O)NCCN1CCCC1)N1CCN(c2cccc(Cl)c2)CC1. The molecule has 0 radical (unpaired) electrons. The molecule has 1 aromatic rings. The second kappa shape index (κ2) is 8.88. The Hall–Kier alpha value is -1.30. The van der Waals surface area contributed by atoms with Gasteiger partial charge in [0.2, 0.25) is 5.91 Å². The Morgan fingerprint density at radius 2 is 1.88 bits per heavy atom. The van der Waals surface area contributed by atoms with Gasteiger partial charge in [0, 0.05) is 50.0 Å². The summed E-state index contributed by atoms with van der Waals surface area (Å²) in [5.74, 6) is 0.149. The van der Waals surface area contributed by atoms with Gasteiger partial charge in [-0.2, -0.15) is 0 Å². The Balaban J connectivity index is 1.41. The maximum absolute atomic E-state index is 12.4. The summed E-state index contributed by atoms with van der Waals surface area (Å²) >= 11 is 6.09. The zero-order valence-corrected chi connectivity index (χ0v) is 15.8. The van der Waals surface area contributed by atoms with Crippen molar-refractivity contribution in [3.8, 4) is 0 Å². The van der Waals surface area contributed by atoms with Crippen LogP contribution in [0.25, 0.3) is 0 Å². The van der Waals surface area contributed by atoms with Crippen molar-refractivity contribution in [3.63, 3.8) is 0 Å². The molecule has 2 saturated heterocycles. The fraction of sp³-hybridized carbons (Fsp3) is 0.632. The molecule has 6 heteroatoms. The number of likely N-dealkylation sites (tertiary alicyclic amines) is 1. The summed E-state index contributed by atoms with van der Waals surface area (Å²) in [5.41, 5.74) is 1.16. The van der Waals surface area contributed by atoms with E-state index in [-0.39, 0.29) is 11.9 Å². The summed E-state index contributed by atoms with van der Waals surface area (Å²) in [6.45, 7) is 9.73. The molecule has 0 saturated carbocycles. The zero-order chi connectivity index (χ0) is 17.6. The Morgan fingerprint density at radius 3 is 2.56 bits per heavy atom. The third kappa shape index (κ3) is 5.09. The fourth-order valence-electron chi connectivity index (χ4n) is 3.70. The van der Waals surface area contributed by atoms with Gasteiger partial charge in [0.05, 0.1) is 6.04 Å². The van der Waals surface area contributed by atoms with Gasteiger partial charge in [0.25, 0.3) is 0 Å². The fourth-order valence-corrected chi connectivity index (χ4v) is 3.88. The van der Waals surface area contributed by atoms with E-state index in [9.17, 15) is 4.79 Å². The van der Waals surface area contributed by atoms with E-state index in [4.69, 9.17) is 11.6 Å². The van der Waals surface area contributed by atoms with Crippen molar-refractivity contribution < 1.29 is 4.79 Å². The van der Waals surface area contributed by atoms with E-state index in [2.05, 4.69) is 26.1 Å². The molecule has 0 aliphatic carbocycles. The van der Waals surface area contributed by atoms with Crippen LogP contribution in [0.15, 0.2) is 24.3 Å². The highest BCUT2D eigenvalue weighted by molar-refractivity contribution is 6.30. The highest BCUT2D eigenvalue weighted by Gasteiger charge is 2.25. The number of amides is 1. The molecule has 0 bridgehead atoms. The number of carbonyl (C=O) groups is 1. The average Bonchev–Trinajstić information content (AvgIpc) is 3.14. The topological polar surface area (TPSA) is 38.8 Å². The predicted molar refractivity (Wildman–Crippen MR) is 103 cm³/mol. The number of halogens is 1. The summed E-state index contributed by atoms with van der Waals surface area (Å²) in [5, 5.41) is 3.87. The quantitative estimate of drug-likeness (QED) is 0.838. The predicted octanol–water partition coefficient (Wildman–Crippen LogP) is 2.06. The molecule has 1 unspecified atom stereocenters. The van der Waals surface area contributed by atoms with E-state index in [1.807, 2.05) is 25.1 Å². The standard InChI is InChI=1S/C19H29ClN4O/c1-16(19(25)21-7-10-22-8-2-3-9-22)23-11-13-24(14-12-23)18-6-4-5-17(20)15-18/h4-6,15-16H,2-3,7-14H2,1H3,(H,21,25). The Kier molecular flexibility index (Phi) is 6.57. The maximum atomic E-state index is 12.4. The summed E-state index contributed by atoms with van der Waals surface area (Å²) in [6, 6.07) is 7.91. The van der Waals surface area contributed by atoms with Crippen molar-refractivity contribution in [1.29, 1.82) is 0 Å². The van der Waals surface area contributed by atoms with Gasteiger partial charge < -0.3 is 15.1 Å². The lowest BCUT2D eigenvalue weighted by Crippen LogP contribution is -2.54. The average molecular weight is 365 g/mol. The number of hydrogen-bond acceptors (Lipinski definition) is 4. The van der Waals surface area contributed by atoms with Crippen LogP contribution in [0.4, 0.5) is 5.69 Å². The molecule has 5 nitrogen and oxygen atoms in total. The number of anilines is 1. The van der Waals surface area contributed by atoms with Crippen molar-refractivity contribution >= 4 is 23.2 Å². The van der Waals surface area contributed by atoms with Crippen LogP contribution < -0.4 is 10.2 Å². The first-order chi connectivity index (χ1) is 12.1. The van der Waals surface area contributed by atoms with Gasteiger partial charge in [-0.3, -0.25) is 9.69 Å². The van der Waals surface area contributed by atoms with Gasteiger partial charge in [-0.15, -0.1) is 0 Å². The Labute approximate surface area is 155 Å². The molecule has 1 N–H and O–H groups in total. The van der Waals surface area contributed by atoms with Gasteiger partial charge in [0.1, 0.15) is 0 Å². The molecule has 0 aromatic heterocycles. The first kappa shape index (κ1) is 18.5. The van der Waals surface area contributed by atoms with E-state index >= 15 is 0 Å². The second-order valence-corrected chi connectivity index (χ2v) is 7.46. The largest absolute Gasteiger partial charge is 0.369 e. The van der Waals surface area contributed by atoms with Gasteiger partial charge in [-0.25, -0.2) is 0 Å². The number of rotatable bonds is 6. The van der Waals surface area contributed by atoms with Gasteiger partial charge in [-0.1, -0.05) is 17.7 Å². The number of carbonyl (C=O) groups excluding carboxylic acids is 1. The molecule has 2 aliphatic heterocycles. The van der Waals surface area contributed by atoms with Crippen molar-refractivity contribution in [1.82, 2.24) is 15.1 Å². The Bertz CT molecular complexity index is 568. The number of hydrogen-bond donors (Lipinski definition) is 1. The molecular formula is C19H29ClN4O. The molecule has 25 heavy (non-hydrogen) atoms. The lowest BCUT2D eigenvalue weighted by atomic mass is 10.2. The zero-order valence-electron chi connectivity index (χ0n) is 15.1. The summed E-state index contributed by atoms with van der Waals surface area (Å²) in [6.07, 6.45) is 2.59. The summed E-state index contributed by atoms with van der Waals surface area (Å²) in [7, 11) is 0. The second-order valence-electron chi connectivity index (χ2n) is 7.02. The van der Waals surface area contributed by atoms with Crippen LogP contribution in [0, 0.1) is 0 Å². The molecule has 2 fully saturated rings. The molecule has 2 aliphatic rings. The normalized spacial score (nSPS) is 20.6. The summed E-state index contributed by atoms with van der Waals surface area (Å²) in [4.78, 5) is 19.4. The molecule has 1 amide bonds. The van der Waals surface area contributed by atoms with Crippen LogP contribution >= 0.6 is 11.6 Å². The van der Waals surface area contributed by atoms with Crippen LogP contribution in [0.1, 0.15) is 19.8 Å². The van der Waals surface area contributed by atoms with E-state index < -0.39 is 0 Å². The molecule has 1 aromatic carbocycles. The van der Waals surface area contributed by atoms with Gasteiger partial charge in [0.15, 0.2) is 0 Å². The third-order valence-electron chi connectivity index (χ3n) is 5.34. The van der Waals surface area contributed by atoms with Crippen LogP contribution in [-0.2, 0) is 4.79 Å². The van der Waals surface area contributed by atoms with Crippen molar-refractivity contribution in [2.75, 3.05) is 57.3 Å². The molecular weight excluding hydrogens is 336 g/mol. The van der Waals surface area contributed by atoms with Gasteiger partial charge >= 0.3 is 0 Å². The minimum atomic E-state index is -0.0694. The van der Waals surface area contributed by atoms with Crippen molar-refractivity contribution in [3.05, 3.63) is 29.3 Å². The van der Waals surface area contributed by atoms with E-state index in [1.54, 1.807) is 0 Å². The highest BCUT2D eigenvalue weighted by Crippen LogP contribution is 2.21. The third-order valence-corrected chi connectivity index (χ3v) is 5.58. The van der Waals surface area contributed by atoms with Crippen LogP contribution in [-0.4, -0.2) is 74.1 Å². The number of piperazine rings is 1. The minimum absolute atomic E-state index is 0.0694. The first-order valence-corrected chi connectivity index (χ1v) is 9.76. The minimum Gasteiger partial charge on any atom is -0.369 e. The number of nitrogens with zero attached hydrogens (tertiary/aromatic N) is 3. The summed E-state index contributed by atoms with van der Waals surface area (Å²) < 4.78 is 0. The molecule has 2 heterocycles. The molecule has 138 valence electrons. The van der Waals surface area contributed by atoms with E-state index in [0.717, 1.165) is 50.0 Å². The van der Waals surface area contributed by atoms with E-state index in [0.29, 0.717) is 0 Å². The van der Waals surface area contributed by atoms with Crippen LogP contribution in [0.2, 0.25) is 5.02 Å². The number of benzene rings is 1. The van der Waals surface area contributed by atoms with Crippen molar-refractivity contribution in [2.45, 2.75) is 25.8 Å². The Morgan fingerprint density at radius 1 is 1.16 bits per heavy atom. The first-order valence-electron chi connectivity index (χ1n) is 9.38. The van der Waals surface area contributed by atoms with Crippen LogP contribution in [0.5, 0.6) is 0 Å². The smallest absolute Gasteiger partial charge is 0.237 e. The van der Waals surface area contributed by atoms with Gasteiger partial charge in [-0.05, 0) is 51.1 Å². The van der Waals surface area contributed by atoms with Crippen molar-refractivity contribution in [2.24, 2.45) is 0 Å². The molecule has 3 rings (SSSR count). The lowest BCUT2D eigenvalue weighted by Gasteiger charge is -2.38. The number of nitrogens with one attached hydrogen (secondary N) is 1.